The highest BCUT2D eigenvalue weighted by molar-refractivity contribution is 7.86. The van der Waals surface area contributed by atoms with Crippen LogP contribution in [-0.2, 0) is 29.2 Å². The lowest BCUT2D eigenvalue weighted by Gasteiger charge is -2.32. The summed E-state index contributed by atoms with van der Waals surface area (Å²) in [5, 5.41) is -3.58. The molecule has 1 atom stereocenters. The van der Waals surface area contributed by atoms with Crippen LogP contribution in [0, 0.1) is 0 Å². The zero-order valence-corrected chi connectivity index (χ0v) is 13.0. The normalized spacial score (nSPS) is 15.0. The van der Waals surface area contributed by atoms with Crippen LogP contribution in [0.15, 0.2) is 25.4 Å². The summed E-state index contributed by atoms with van der Waals surface area (Å²) in [6.07, 6.45) is -7.14. The highest BCUT2D eigenvalue weighted by Crippen LogP contribution is 2.37. The van der Waals surface area contributed by atoms with Gasteiger partial charge in [-0.2, -0.15) is 22.0 Å². The van der Waals surface area contributed by atoms with Gasteiger partial charge in [-0.1, -0.05) is 13.2 Å². The van der Waals surface area contributed by atoms with Crippen molar-refractivity contribution in [2.24, 2.45) is 0 Å². The second kappa shape index (κ2) is 7.88. The van der Waals surface area contributed by atoms with Gasteiger partial charge in [0.1, 0.15) is 0 Å². The van der Waals surface area contributed by atoms with Crippen molar-refractivity contribution in [3.63, 3.8) is 0 Å². The van der Waals surface area contributed by atoms with Gasteiger partial charge in [-0.3, -0.25) is 4.79 Å². The maximum atomic E-state index is 13.2. The first-order chi connectivity index (χ1) is 11.1. The highest BCUT2D eigenvalue weighted by Gasteiger charge is 2.66. The van der Waals surface area contributed by atoms with Gasteiger partial charge in [0, 0.05) is 12.5 Å². The van der Waals surface area contributed by atoms with E-state index in [4.69, 9.17) is 0 Å². The number of hydrogen-bond donors (Lipinski definition) is 1. The number of ether oxygens (including phenoxy) is 2. The summed E-state index contributed by atoms with van der Waals surface area (Å²) in [4.78, 5) is 22.7. The van der Waals surface area contributed by atoms with Gasteiger partial charge in [0.2, 0.25) is 0 Å². The molecule has 0 aliphatic heterocycles. The van der Waals surface area contributed by atoms with Crippen LogP contribution in [0.3, 0.4) is 0 Å². The van der Waals surface area contributed by atoms with E-state index in [9.17, 15) is 44.5 Å². The molecule has 14 heteroatoms. The summed E-state index contributed by atoms with van der Waals surface area (Å²) in [5.74, 6) is -8.38. The quantitative estimate of drug-likeness (QED) is 0.201. The molecule has 1 unspecified atom stereocenters. The second-order valence-corrected chi connectivity index (χ2v) is 5.61. The van der Waals surface area contributed by atoms with Gasteiger partial charge < -0.3 is 19.3 Å². The highest BCUT2D eigenvalue weighted by atomic mass is 32.2. The molecule has 0 aliphatic rings. The Kier molecular flexibility index (Phi) is 7.23. The van der Waals surface area contributed by atoms with Crippen molar-refractivity contribution in [1.82, 2.24) is 5.32 Å². The summed E-state index contributed by atoms with van der Waals surface area (Å²) in [6.45, 7) is 3.90. The molecule has 0 aromatic rings. The standard InChI is InChI=1S/C11H12F5NO7S/c1-3-7(18)24-10(11(14,15)16,8(19)17-4-2)23-6-5-9(12,13)25(20,21)22/h3-4H,1-2,5-6H2,(H,17,19)(H,20,21,22)/p-1. The van der Waals surface area contributed by atoms with Crippen molar-refractivity contribution in [3.05, 3.63) is 25.4 Å². The Bertz CT molecular complexity index is 646. The second-order valence-electron chi connectivity index (χ2n) is 4.11. The first-order valence-electron chi connectivity index (χ1n) is 5.96. The molecule has 1 amide bonds. The summed E-state index contributed by atoms with van der Waals surface area (Å²) in [6, 6.07) is 0. The maximum absolute atomic E-state index is 13.2. The first-order valence-corrected chi connectivity index (χ1v) is 7.36. The Labute approximate surface area is 138 Å². The van der Waals surface area contributed by atoms with Crippen LogP contribution < -0.4 is 5.32 Å². The van der Waals surface area contributed by atoms with E-state index >= 15 is 0 Å². The van der Waals surface area contributed by atoms with E-state index in [-0.39, 0.29) is 6.08 Å². The molecule has 0 bridgehead atoms. The minimum atomic E-state index is -6.20. The Hall–Kier alpha value is -2.06. The lowest BCUT2D eigenvalue weighted by atomic mass is 10.2. The van der Waals surface area contributed by atoms with E-state index in [0.717, 1.165) is 0 Å². The van der Waals surface area contributed by atoms with E-state index < -0.39 is 52.2 Å². The van der Waals surface area contributed by atoms with E-state index in [1.54, 1.807) is 0 Å². The average molecular weight is 396 g/mol. The smallest absolute Gasteiger partial charge is 0.466 e. The van der Waals surface area contributed by atoms with Crippen molar-refractivity contribution in [1.29, 1.82) is 0 Å². The Balaban J connectivity index is 5.72. The van der Waals surface area contributed by atoms with E-state index in [2.05, 4.69) is 22.6 Å². The molecule has 0 spiro atoms. The lowest BCUT2D eigenvalue weighted by molar-refractivity contribution is -0.347. The Morgan fingerprint density at radius 1 is 1.16 bits per heavy atom. The minimum Gasteiger partial charge on any atom is -0.743 e. The molecule has 0 aliphatic carbocycles. The van der Waals surface area contributed by atoms with Crippen LogP contribution in [0.1, 0.15) is 6.42 Å². The molecule has 0 saturated carbocycles. The fraction of sp³-hybridized carbons (Fsp3) is 0.455. The number of rotatable bonds is 9. The number of esters is 1. The van der Waals surface area contributed by atoms with Crippen molar-refractivity contribution in [2.45, 2.75) is 23.6 Å². The third-order valence-electron chi connectivity index (χ3n) is 2.38. The van der Waals surface area contributed by atoms with Crippen LogP contribution in [-0.4, -0.2) is 48.7 Å². The minimum absolute atomic E-state index is 0.224. The van der Waals surface area contributed by atoms with Gasteiger partial charge >= 0.3 is 29.1 Å². The van der Waals surface area contributed by atoms with E-state index in [0.29, 0.717) is 6.20 Å². The van der Waals surface area contributed by atoms with Gasteiger partial charge in [-0.15, -0.1) is 0 Å². The van der Waals surface area contributed by atoms with Gasteiger partial charge in [0.25, 0.3) is 0 Å². The fourth-order valence-electron chi connectivity index (χ4n) is 1.22. The Morgan fingerprint density at radius 2 is 1.68 bits per heavy atom. The van der Waals surface area contributed by atoms with Crippen molar-refractivity contribution in [2.75, 3.05) is 6.61 Å². The third kappa shape index (κ3) is 5.47. The molecular formula is C11H11F5NO7S-. The van der Waals surface area contributed by atoms with Crippen LogP contribution in [0.2, 0.25) is 0 Å². The molecule has 0 heterocycles. The Morgan fingerprint density at radius 3 is 2.04 bits per heavy atom. The number of halogens is 5. The molecule has 144 valence electrons. The van der Waals surface area contributed by atoms with E-state index in [1.807, 2.05) is 0 Å². The number of carbonyl (C=O) groups is 2. The predicted octanol–water partition coefficient (Wildman–Crippen LogP) is 0.779. The summed E-state index contributed by atoms with van der Waals surface area (Å²) in [5.41, 5.74) is 0. The molecule has 1 N–H and O–H groups in total. The first kappa shape index (κ1) is 22.9. The zero-order valence-electron chi connectivity index (χ0n) is 12.1. The van der Waals surface area contributed by atoms with Crippen molar-refractivity contribution < 1.29 is 54.0 Å². The number of amides is 1. The van der Waals surface area contributed by atoms with Crippen LogP contribution >= 0.6 is 0 Å². The molecule has 0 saturated heterocycles. The molecule has 0 fully saturated rings. The number of alkyl halides is 5. The monoisotopic (exact) mass is 396 g/mol. The fourth-order valence-corrected chi connectivity index (χ4v) is 1.55. The molecule has 0 rings (SSSR count). The SMILES string of the molecule is C=CNC(=O)C(OCCC(F)(F)S(=O)(=O)[O-])(OC(=O)C=C)C(F)(F)F. The topological polar surface area (TPSA) is 122 Å². The number of hydrogen-bond acceptors (Lipinski definition) is 7. The summed E-state index contributed by atoms with van der Waals surface area (Å²) in [7, 11) is -6.20. The van der Waals surface area contributed by atoms with Crippen LogP contribution in [0.5, 0.6) is 0 Å². The molecule has 0 aromatic heterocycles. The van der Waals surface area contributed by atoms with E-state index in [1.165, 1.54) is 5.32 Å². The molecule has 25 heavy (non-hydrogen) atoms. The maximum Gasteiger partial charge on any atom is 0.466 e. The zero-order chi connectivity index (χ0) is 20.1. The third-order valence-corrected chi connectivity index (χ3v) is 3.32. The van der Waals surface area contributed by atoms with Gasteiger partial charge in [-0.25, -0.2) is 13.2 Å². The van der Waals surface area contributed by atoms with Crippen LogP contribution in [0.4, 0.5) is 22.0 Å². The van der Waals surface area contributed by atoms with Crippen molar-refractivity contribution in [3.8, 4) is 0 Å². The molecule has 0 aromatic carbocycles. The predicted molar refractivity (Wildman–Crippen MR) is 68.6 cm³/mol. The number of carbonyl (C=O) groups excluding carboxylic acids is 2. The molecule has 8 nitrogen and oxygen atoms in total. The van der Waals surface area contributed by atoms with Gasteiger partial charge in [0.05, 0.1) is 6.61 Å². The average Bonchev–Trinajstić information content (AvgIpc) is 2.43. The lowest BCUT2D eigenvalue weighted by Crippen LogP contribution is -2.61. The molecular weight excluding hydrogens is 385 g/mol. The van der Waals surface area contributed by atoms with Gasteiger partial charge in [0.15, 0.2) is 10.1 Å². The van der Waals surface area contributed by atoms with Crippen molar-refractivity contribution >= 4 is 22.0 Å². The molecule has 0 radical (unpaired) electrons. The summed E-state index contributed by atoms with van der Waals surface area (Å²) >= 11 is 0. The summed E-state index contributed by atoms with van der Waals surface area (Å²) < 4.78 is 104. The van der Waals surface area contributed by atoms with Crippen LogP contribution in [0.25, 0.3) is 0 Å². The largest absolute Gasteiger partial charge is 0.743 e. The number of nitrogens with one attached hydrogen (secondary N) is 1. The van der Waals surface area contributed by atoms with Gasteiger partial charge in [-0.05, 0) is 6.20 Å².